The molecule has 0 radical (unpaired) electrons. The van der Waals surface area contributed by atoms with Crippen LogP contribution in [0.1, 0.15) is 28.2 Å². The normalized spacial score (nSPS) is 11.8. The molecule has 0 aromatic heterocycles. The van der Waals surface area contributed by atoms with Gasteiger partial charge in [0.1, 0.15) is 11.5 Å². The molecule has 2 aromatic carbocycles. The average Bonchev–Trinajstić information content (AvgIpc) is 2.54. The number of aliphatic carboxylic acids is 1. The van der Waals surface area contributed by atoms with Gasteiger partial charge in [0.2, 0.25) is 0 Å². The van der Waals surface area contributed by atoms with Crippen molar-refractivity contribution in [1.82, 2.24) is 0 Å². The molecule has 0 aliphatic rings. The zero-order chi connectivity index (χ0) is 17.0. The fourth-order valence-corrected chi connectivity index (χ4v) is 2.68. The predicted octanol–water partition coefficient (Wildman–Crippen LogP) is 3.73. The molecule has 1 N–H and O–H groups in total. The maximum absolute atomic E-state index is 11.8. The van der Waals surface area contributed by atoms with E-state index in [1.807, 2.05) is 32.0 Å². The molecule has 0 saturated carbocycles. The van der Waals surface area contributed by atoms with Crippen LogP contribution >= 0.6 is 0 Å². The van der Waals surface area contributed by atoms with Crippen molar-refractivity contribution in [3.05, 3.63) is 58.7 Å². The highest BCUT2D eigenvalue weighted by Gasteiger charge is 2.25. The number of benzene rings is 2. The van der Waals surface area contributed by atoms with E-state index < -0.39 is 11.9 Å². The van der Waals surface area contributed by atoms with Gasteiger partial charge in [-0.05, 0) is 37.5 Å². The number of rotatable bonds is 6. The van der Waals surface area contributed by atoms with Crippen molar-refractivity contribution < 1.29 is 19.4 Å². The molecule has 0 spiro atoms. The molecule has 1 unspecified atom stereocenters. The van der Waals surface area contributed by atoms with Gasteiger partial charge < -0.3 is 14.6 Å². The molecule has 2 aromatic rings. The molecule has 0 aliphatic carbocycles. The first-order valence-electron chi connectivity index (χ1n) is 7.47. The fraction of sp³-hybridized carbons (Fsp3) is 0.316. The van der Waals surface area contributed by atoms with Crippen LogP contribution in [0.3, 0.4) is 0 Å². The van der Waals surface area contributed by atoms with E-state index in [-0.39, 0.29) is 0 Å². The summed E-state index contributed by atoms with van der Waals surface area (Å²) >= 11 is 0. The SMILES string of the molecule is COc1ccc(C(Cc2cc(C)ccc2C)C(=O)O)c(OC)c1. The Morgan fingerprint density at radius 2 is 1.83 bits per heavy atom. The summed E-state index contributed by atoms with van der Waals surface area (Å²) in [5.74, 6) is -0.366. The molecule has 0 fully saturated rings. The van der Waals surface area contributed by atoms with Gasteiger partial charge in [-0.1, -0.05) is 29.8 Å². The van der Waals surface area contributed by atoms with E-state index >= 15 is 0 Å². The summed E-state index contributed by atoms with van der Waals surface area (Å²) in [5.41, 5.74) is 3.91. The van der Waals surface area contributed by atoms with Crippen molar-refractivity contribution in [3.8, 4) is 11.5 Å². The number of hydrogen-bond donors (Lipinski definition) is 1. The lowest BCUT2D eigenvalue weighted by molar-refractivity contribution is -0.138. The van der Waals surface area contributed by atoms with E-state index in [1.165, 1.54) is 7.11 Å². The summed E-state index contributed by atoms with van der Waals surface area (Å²) in [7, 11) is 3.11. The molecule has 2 rings (SSSR count). The highest BCUT2D eigenvalue weighted by atomic mass is 16.5. The summed E-state index contributed by atoms with van der Waals surface area (Å²) < 4.78 is 10.5. The van der Waals surface area contributed by atoms with E-state index in [2.05, 4.69) is 0 Å². The Kier molecular flexibility index (Phi) is 5.27. The van der Waals surface area contributed by atoms with Crippen LogP contribution in [0.4, 0.5) is 0 Å². The molecule has 0 aliphatic heterocycles. The highest BCUT2D eigenvalue weighted by molar-refractivity contribution is 5.78. The largest absolute Gasteiger partial charge is 0.497 e. The highest BCUT2D eigenvalue weighted by Crippen LogP contribution is 2.33. The van der Waals surface area contributed by atoms with Gasteiger partial charge in [-0.25, -0.2) is 0 Å². The number of ether oxygens (including phenoxy) is 2. The van der Waals surface area contributed by atoms with Gasteiger partial charge in [0.25, 0.3) is 0 Å². The molecule has 1 atom stereocenters. The average molecular weight is 314 g/mol. The predicted molar refractivity (Wildman–Crippen MR) is 89.5 cm³/mol. The maximum atomic E-state index is 11.8. The molecule has 0 bridgehead atoms. The van der Waals surface area contributed by atoms with Crippen LogP contribution < -0.4 is 9.47 Å². The van der Waals surface area contributed by atoms with Crippen LogP contribution in [0.2, 0.25) is 0 Å². The molecule has 4 nitrogen and oxygen atoms in total. The molecule has 0 heterocycles. The fourth-order valence-electron chi connectivity index (χ4n) is 2.68. The van der Waals surface area contributed by atoms with Crippen LogP contribution in [0.5, 0.6) is 11.5 Å². The van der Waals surface area contributed by atoms with Gasteiger partial charge >= 0.3 is 5.97 Å². The number of carbonyl (C=O) groups is 1. The summed E-state index contributed by atoms with van der Waals surface area (Å²) in [6, 6.07) is 11.3. The van der Waals surface area contributed by atoms with E-state index in [0.717, 1.165) is 16.7 Å². The third-order valence-corrected chi connectivity index (χ3v) is 4.04. The molecular weight excluding hydrogens is 292 g/mol. The topological polar surface area (TPSA) is 55.8 Å². The summed E-state index contributed by atoms with van der Waals surface area (Å²) in [6.45, 7) is 4.01. The zero-order valence-corrected chi connectivity index (χ0v) is 13.9. The van der Waals surface area contributed by atoms with Gasteiger partial charge in [0.05, 0.1) is 20.1 Å². The second-order valence-electron chi connectivity index (χ2n) is 5.63. The van der Waals surface area contributed by atoms with Gasteiger partial charge in [0, 0.05) is 11.6 Å². The van der Waals surface area contributed by atoms with Gasteiger partial charge in [0.15, 0.2) is 0 Å². The van der Waals surface area contributed by atoms with Crippen molar-refractivity contribution in [3.63, 3.8) is 0 Å². The molecule has 4 heteroatoms. The van der Waals surface area contributed by atoms with Crippen LogP contribution in [0.25, 0.3) is 0 Å². The minimum Gasteiger partial charge on any atom is -0.497 e. The van der Waals surface area contributed by atoms with Crippen molar-refractivity contribution in [2.75, 3.05) is 14.2 Å². The Hall–Kier alpha value is -2.49. The van der Waals surface area contributed by atoms with E-state index in [4.69, 9.17) is 9.47 Å². The van der Waals surface area contributed by atoms with Crippen molar-refractivity contribution in [2.24, 2.45) is 0 Å². The van der Waals surface area contributed by atoms with E-state index in [9.17, 15) is 9.90 Å². The molecule has 0 saturated heterocycles. The van der Waals surface area contributed by atoms with Crippen LogP contribution in [0.15, 0.2) is 36.4 Å². The molecule has 23 heavy (non-hydrogen) atoms. The quantitative estimate of drug-likeness (QED) is 0.882. The number of methoxy groups -OCH3 is 2. The van der Waals surface area contributed by atoms with E-state index in [1.54, 1.807) is 25.3 Å². The minimum atomic E-state index is -0.866. The Morgan fingerprint density at radius 1 is 1.09 bits per heavy atom. The van der Waals surface area contributed by atoms with Crippen molar-refractivity contribution in [2.45, 2.75) is 26.2 Å². The van der Waals surface area contributed by atoms with Gasteiger partial charge in [-0.2, -0.15) is 0 Å². The Labute approximate surface area is 136 Å². The number of carboxylic acids is 1. The van der Waals surface area contributed by atoms with Gasteiger partial charge in [-0.15, -0.1) is 0 Å². The Bertz CT molecular complexity index is 707. The third kappa shape index (κ3) is 3.83. The monoisotopic (exact) mass is 314 g/mol. The van der Waals surface area contributed by atoms with Crippen molar-refractivity contribution in [1.29, 1.82) is 0 Å². The molecule has 0 amide bonds. The lowest BCUT2D eigenvalue weighted by Gasteiger charge is -2.18. The third-order valence-electron chi connectivity index (χ3n) is 4.04. The number of carboxylic acid groups (broad SMARTS) is 1. The van der Waals surface area contributed by atoms with E-state index in [0.29, 0.717) is 23.5 Å². The number of aryl methyl sites for hydroxylation is 2. The second-order valence-corrected chi connectivity index (χ2v) is 5.63. The van der Waals surface area contributed by atoms with Crippen LogP contribution in [-0.4, -0.2) is 25.3 Å². The minimum absolute atomic E-state index is 0.422. The lowest BCUT2D eigenvalue weighted by Crippen LogP contribution is -2.16. The summed E-state index contributed by atoms with van der Waals surface area (Å²) in [4.78, 5) is 11.8. The Morgan fingerprint density at radius 3 is 2.43 bits per heavy atom. The molecular formula is C19H22O4. The zero-order valence-electron chi connectivity index (χ0n) is 13.9. The summed E-state index contributed by atoms with van der Waals surface area (Å²) in [5, 5.41) is 9.71. The van der Waals surface area contributed by atoms with Crippen molar-refractivity contribution >= 4 is 5.97 Å². The standard InChI is InChI=1S/C19H22O4/c1-12-5-6-13(2)14(9-12)10-17(19(20)21)16-8-7-15(22-3)11-18(16)23-4/h5-9,11,17H,10H2,1-4H3,(H,20,21). The number of hydrogen-bond acceptors (Lipinski definition) is 3. The molecule has 122 valence electrons. The smallest absolute Gasteiger partial charge is 0.311 e. The first-order valence-corrected chi connectivity index (χ1v) is 7.47. The first kappa shape index (κ1) is 16.9. The first-order chi connectivity index (χ1) is 11.0. The lowest BCUT2D eigenvalue weighted by atomic mass is 9.89. The Balaban J connectivity index is 2.43. The van der Waals surface area contributed by atoms with Gasteiger partial charge in [-0.3, -0.25) is 4.79 Å². The van der Waals surface area contributed by atoms with Crippen LogP contribution in [-0.2, 0) is 11.2 Å². The summed E-state index contributed by atoms with van der Waals surface area (Å²) in [6.07, 6.45) is 0.422. The second kappa shape index (κ2) is 7.18. The maximum Gasteiger partial charge on any atom is 0.311 e. The van der Waals surface area contributed by atoms with Crippen LogP contribution in [0, 0.1) is 13.8 Å².